The van der Waals surface area contributed by atoms with Crippen molar-refractivity contribution >= 4 is 35.0 Å². The SMILES string of the molecule is Cc1c(Cl)cccc1C1=CCN(Cl)C(N)=N1. The van der Waals surface area contributed by atoms with E-state index >= 15 is 0 Å². The average Bonchev–Trinajstić information content (AvgIpc) is 2.26. The zero-order valence-electron chi connectivity index (χ0n) is 8.74. The smallest absolute Gasteiger partial charge is 0.211 e. The minimum Gasteiger partial charge on any atom is -0.368 e. The van der Waals surface area contributed by atoms with Crippen LogP contribution in [0, 0.1) is 6.92 Å². The van der Waals surface area contributed by atoms with Gasteiger partial charge in [0.05, 0.1) is 12.2 Å². The molecule has 0 saturated carbocycles. The van der Waals surface area contributed by atoms with E-state index in [1.165, 1.54) is 4.42 Å². The molecule has 3 nitrogen and oxygen atoms in total. The van der Waals surface area contributed by atoms with Gasteiger partial charge in [0.1, 0.15) is 0 Å². The predicted molar refractivity (Wildman–Crippen MR) is 68.3 cm³/mol. The highest BCUT2D eigenvalue weighted by Crippen LogP contribution is 2.27. The molecule has 84 valence electrons. The van der Waals surface area contributed by atoms with E-state index in [-0.39, 0.29) is 0 Å². The van der Waals surface area contributed by atoms with E-state index < -0.39 is 0 Å². The maximum Gasteiger partial charge on any atom is 0.211 e. The number of nitrogens with zero attached hydrogens (tertiary/aromatic N) is 2. The largest absolute Gasteiger partial charge is 0.368 e. The Balaban J connectivity index is 2.43. The number of nitrogens with two attached hydrogens (primary N) is 1. The summed E-state index contributed by atoms with van der Waals surface area (Å²) in [5, 5.41) is 0.723. The van der Waals surface area contributed by atoms with Crippen LogP contribution in [-0.2, 0) is 0 Å². The van der Waals surface area contributed by atoms with Crippen molar-refractivity contribution < 1.29 is 0 Å². The summed E-state index contributed by atoms with van der Waals surface area (Å²) >= 11 is 11.9. The van der Waals surface area contributed by atoms with Crippen LogP contribution in [-0.4, -0.2) is 16.9 Å². The Labute approximate surface area is 104 Å². The molecule has 5 heteroatoms. The number of guanidine groups is 1. The van der Waals surface area contributed by atoms with E-state index in [1.54, 1.807) is 0 Å². The van der Waals surface area contributed by atoms with Crippen molar-refractivity contribution in [2.75, 3.05) is 6.54 Å². The fourth-order valence-corrected chi connectivity index (χ4v) is 1.82. The summed E-state index contributed by atoms with van der Waals surface area (Å²) in [6.45, 7) is 2.50. The first-order valence-electron chi connectivity index (χ1n) is 4.82. The third-order valence-corrected chi connectivity index (χ3v) is 3.19. The van der Waals surface area contributed by atoms with Crippen molar-refractivity contribution in [3.8, 4) is 0 Å². The Morgan fingerprint density at radius 3 is 2.88 bits per heavy atom. The van der Waals surface area contributed by atoms with Gasteiger partial charge in [-0.2, -0.15) is 0 Å². The van der Waals surface area contributed by atoms with Crippen molar-refractivity contribution in [3.05, 3.63) is 40.4 Å². The van der Waals surface area contributed by atoms with Gasteiger partial charge in [-0.3, -0.25) is 4.42 Å². The summed E-state index contributed by atoms with van der Waals surface area (Å²) < 4.78 is 1.36. The molecule has 0 saturated heterocycles. The summed E-state index contributed by atoms with van der Waals surface area (Å²) in [6, 6.07) is 5.71. The fraction of sp³-hybridized carbons (Fsp3) is 0.182. The second kappa shape index (κ2) is 4.36. The molecule has 0 amide bonds. The topological polar surface area (TPSA) is 41.6 Å². The van der Waals surface area contributed by atoms with Crippen LogP contribution in [0.1, 0.15) is 11.1 Å². The van der Waals surface area contributed by atoms with Crippen LogP contribution in [0.25, 0.3) is 5.70 Å². The molecular formula is C11H11Cl2N3. The lowest BCUT2D eigenvalue weighted by Gasteiger charge is -2.19. The Morgan fingerprint density at radius 2 is 2.19 bits per heavy atom. The Kier molecular flexibility index (Phi) is 3.08. The minimum atomic E-state index is 0.304. The van der Waals surface area contributed by atoms with Crippen LogP contribution in [0.5, 0.6) is 0 Å². The van der Waals surface area contributed by atoms with Crippen LogP contribution in [0.4, 0.5) is 0 Å². The summed E-state index contributed by atoms with van der Waals surface area (Å²) in [4.78, 5) is 4.23. The number of aliphatic imine (C=N–C) groups is 1. The highest BCUT2D eigenvalue weighted by molar-refractivity contribution is 6.31. The number of hydrogen-bond donors (Lipinski definition) is 1. The molecule has 2 N–H and O–H groups in total. The first-order chi connectivity index (χ1) is 7.59. The molecule has 0 aromatic heterocycles. The van der Waals surface area contributed by atoms with Gasteiger partial charge < -0.3 is 5.73 Å². The summed E-state index contributed by atoms with van der Waals surface area (Å²) in [7, 11) is 0. The van der Waals surface area contributed by atoms with Crippen molar-refractivity contribution in [3.63, 3.8) is 0 Å². The van der Waals surface area contributed by atoms with Crippen molar-refractivity contribution in [2.45, 2.75) is 6.92 Å². The van der Waals surface area contributed by atoms with Gasteiger partial charge in [-0.1, -0.05) is 23.7 Å². The number of rotatable bonds is 1. The second-order valence-electron chi connectivity index (χ2n) is 3.52. The van der Waals surface area contributed by atoms with E-state index in [0.29, 0.717) is 12.5 Å². The van der Waals surface area contributed by atoms with Gasteiger partial charge in [0.2, 0.25) is 5.96 Å². The lowest BCUT2D eigenvalue weighted by Crippen LogP contribution is -2.32. The molecule has 1 aliphatic rings. The Morgan fingerprint density at radius 1 is 1.44 bits per heavy atom. The van der Waals surface area contributed by atoms with Gasteiger partial charge in [-0.25, -0.2) is 4.99 Å². The molecule has 0 fully saturated rings. The Hall–Kier alpha value is -1.19. The third-order valence-electron chi connectivity index (χ3n) is 2.47. The van der Waals surface area contributed by atoms with Crippen molar-refractivity contribution in [1.29, 1.82) is 0 Å². The summed E-state index contributed by atoms with van der Waals surface area (Å²) in [5.74, 6) is 0.304. The molecule has 0 unspecified atom stereocenters. The molecule has 0 aliphatic carbocycles. The lowest BCUT2D eigenvalue weighted by atomic mass is 10.1. The van der Waals surface area contributed by atoms with Crippen LogP contribution < -0.4 is 5.73 Å². The average molecular weight is 256 g/mol. The molecule has 16 heavy (non-hydrogen) atoms. The second-order valence-corrected chi connectivity index (χ2v) is 4.33. The normalized spacial score (nSPS) is 15.8. The molecule has 2 rings (SSSR count). The van der Waals surface area contributed by atoms with Crippen molar-refractivity contribution in [1.82, 2.24) is 4.42 Å². The monoisotopic (exact) mass is 255 g/mol. The van der Waals surface area contributed by atoms with E-state index in [1.807, 2.05) is 31.2 Å². The van der Waals surface area contributed by atoms with Gasteiger partial charge in [-0.05, 0) is 24.6 Å². The molecule has 0 spiro atoms. The first kappa shape index (κ1) is 11.3. The van der Waals surface area contributed by atoms with Gasteiger partial charge in [0, 0.05) is 22.4 Å². The van der Waals surface area contributed by atoms with Crippen LogP contribution >= 0.6 is 23.4 Å². The standard InChI is InChI=1S/C11H11Cl2N3/c1-7-8(3-2-4-9(7)12)10-5-6-16(13)11(14)15-10/h2-5H,6H2,1H3,(H2,14,15). The highest BCUT2D eigenvalue weighted by atomic mass is 35.5. The number of hydrogen-bond acceptors (Lipinski definition) is 3. The molecule has 0 radical (unpaired) electrons. The fourth-order valence-electron chi connectivity index (χ4n) is 1.54. The van der Waals surface area contributed by atoms with E-state index in [2.05, 4.69) is 4.99 Å². The number of halogens is 2. The first-order valence-corrected chi connectivity index (χ1v) is 5.54. The highest BCUT2D eigenvalue weighted by Gasteiger charge is 2.14. The van der Waals surface area contributed by atoms with Gasteiger partial charge in [-0.15, -0.1) is 0 Å². The Bertz CT molecular complexity index is 480. The van der Waals surface area contributed by atoms with Crippen molar-refractivity contribution in [2.24, 2.45) is 10.7 Å². The molecule has 1 aromatic rings. The van der Waals surface area contributed by atoms with Crippen LogP contribution in [0.2, 0.25) is 5.02 Å². The summed E-state index contributed by atoms with van der Waals surface area (Å²) in [6.07, 6.45) is 1.92. The lowest BCUT2D eigenvalue weighted by molar-refractivity contribution is 0.718. The van der Waals surface area contributed by atoms with Gasteiger partial charge in [0.25, 0.3) is 0 Å². The van der Waals surface area contributed by atoms with Crippen LogP contribution in [0.3, 0.4) is 0 Å². The molecular weight excluding hydrogens is 245 g/mol. The van der Waals surface area contributed by atoms with E-state index in [9.17, 15) is 0 Å². The zero-order valence-corrected chi connectivity index (χ0v) is 10.3. The molecule has 0 atom stereocenters. The minimum absolute atomic E-state index is 0.304. The third kappa shape index (κ3) is 2.01. The van der Waals surface area contributed by atoms with E-state index in [0.717, 1.165) is 21.8 Å². The molecule has 1 heterocycles. The van der Waals surface area contributed by atoms with Gasteiger partial charge in [0.15, 0.2) is 0 Å². The quantitative estimate of drug-likeness (QED) is 0.785. The van der Waals surface area contributed by atoms with Gasteiger partial charge >= 0.3 is 0 Å². The maximum absolute atomic E-state index is 6.05. The molecule has 0 bridgehead atoms. The number of benzene rings is 1. The maximum atomic E-state index is 6.05. The molecule has 1 aromatic carbocycles. The molecule has 1 aliphatic heterocycles. The van der Waals surface area contributed by atoms with E-state index in [4.69, 9.17) is 29.1 Å². The van der Waals surface area contributed by atoms with Crippen LogP contribution in [0.15, 0.2) is 29.3 Å². The summed E-state index contributed by atoms with van der Waals surface area (Å²) in [5.41, 5.74) is 8.46. The zero-order chi connectivity index (χ0) is 11.7. The predicted octanol–water partition coefficient (Wildman–Crippen LogP) is 2.77.